The Hall–Kier alpha value is -0.640. The Balaban J connectivity index is 2.46. The fourth-order valence-electron chi connectivity index (χ4n) is 1.59. The highest BCUT2D eigenvalue weighted by molar-refractivity contribution is 6.30. The first-order valence-corrected chi connectivity index (χ1v) is 6.08. The minimum atomic E-state index is -0.287. The molecule has 0 aliphatic rings. The van der Waals surface area contributed by atoms with E-state index in [-0.39, 0.29) is 17.8 Å². The molecule has 0 saturated carbocycles. The normalized spacial score (nSPS) is 11.8. The number of aliphatic hydroxyl groups is 1. The molecule has 96 valence electrons. The summed E-state index contributed by atoms with van der Waals surface area (Å²) in [5.74, 6) is -0.287. The van der Waals surface area contributed by atoms with Crippen molar-refractivity contribution in [1.29, 1.82) is 0 Å². The van der Waals surface area contributed by atoms with Gasteiger partial charge in [0, 0.05) is 30.3 Å². The fourth-order valence-corrected chi connectivity index (χ4v) is 1.75. The maximum absolute atomic E-state index is 13.5. The van der Waals surface area contributed by atoms with Crippen LogP contribution in [0.1, 0.15) is 25.8 Å². The molecule has 0 aliphatic heterocycles. The highest BCUT2D eigenvalue weighted by Crippen LogP contribution is 2.19. The van der Waals surface area contributed by atoms with Gasteiger partial charge in [0.1, 0.15) is 5.82 Å². The Kier molecular flexibility index (Phi) is 5.37. The number of halogens is 2. The van der Waals surface area contributed by atoms with Crippen molar-refractivity contribution in [2.24, 2.45) is 5.41 Å². The molecular formula is C13H19ClFNO. The molecule has 2 N–H and O–H groups in total. The quantitative estimate of drug-likeness (QED) is 0.823. The van der Waals surface area contributed by atoms with Crippen molar-refractivity contribution in [3.05, 3.63) is 34.6 Å². The van der Waals surface area contributed by atoms with Gasteiger partial charge in [-0.05, 0) is 24.0 Å². The lowest BCUT2D eigenvalue weighted by atomic mass is 9.90. The van der Waals surface area contributed by atoms with Gasteiger partial charge in [-0.25, -0.2) is 4.39 Å². The van der Waals surface area contributed by atoms with Gasteiger partial charge in [0.05, 0.1) is 0 Å². The highest BCUT2D eigenvalue weighted by Gasteiger charge is 2.16. The third-order valence-electron chi connectivity index (χ3n) is 2.72. The molecule has 0 saturated heterocycles. The summed E-state index contributed by atoms with van der Waals surface area (Å²) in [6.45, 7) is 5.50. The van der Waals surface area contributed by atoms with Crippen molar-refractivity contribution in [2.75, 3.05) is 13.2 Å². The van der Waals surface area contributed by atoms with Gasteiger partial charge in [0.2, 0.25) is 0 Å². The lowest BCUT2D eigenvalue weighted by Gasteiger charge is -2.24. The van der Waals surface area contributed by atoms with E-state index in [1.54, 1.807) is 12.1 Å². The Bertz CT molecular complexity index is 368. The lowest BCUT2D eigenvalue weighted by molar-refractivity contribution is 0.207. The highest BCUT2D eigenvalue weighted by atomic mass is 35.5. The van der Waals surface area contributed by atoms with Crippen LogP contribution >= 0.6 is 11.6 Å². The molecule has 0 spiro atoms. The van der Waals surface area contributed by atoms with Gasteiger partial charge < -0.3 is 10.4 Å². The average molecular weight is 260 g/mol. The van der Waals surface area contributed by atoms with Gasteiger partial charge in [-0.1, -0.05) is 31.5 Å². The van der Waals surface area contributed by atoms with Crippen LogP contribution in [0.2, 0.25) is 5.02 Å². The van der Waals surface area contributed by atoms with Gasteiger partial charge in [-0.15, -0.1) is 0 Å². The molecule has 0 unspecified atom stereocenters. The Labute approximate surface area is 107 Å². The van der Waals surface area contributed by atoms with E-state index in [2.05, 4.69) is 19.2 Å². The molecule has 1 aromatic carbocycles. The van der Waals surface area contributed by atoms with Crippen LogP contribution in [0.15, 0.2) is 18.2 Å². The van der Waals surface area contributed by atoms with Crippen LogP contribution < -0.4 is 5.32 Å². The Morgan fingerprint density at radius 1 is 1.41 bits per heavy atom. The van der Waals surface area contributed by atoms with E-state index in [0.717, 1.165) is 13.0 Å². The first-order valence-electron chi connectivity index (χ1n) is 5.70. The summed E-state index contributed by atoms with van der Waals surface area (Å²) in [5.41, 5.74) is 0.617. The predicted octanol–water partition coefficient (Wildman–Crippen LogP) is 2.98. The standard InChI is InChI=1S/C13H19ClFNO/c1-13(2,5-6-17)9-16-8-10-3-4-11(14)7-12(10)15/h3-4,7,16-17H,5-6,8-9H2,1-2H3. The maximum Gasteiger partial charge on any atom is 0.129 e. The monoisotopic (exact) mass is 259 g/mol. The second-order valence-corrected chi connectivity index (χ2v) is 5.41. The van der Waals surface area contributed by atoms with E-state index in [4.69, 9.17) is 16.7 Å². The first kappa shape index (κ1) is 14.4. The summed E-state index contributed by atoms with van der Waals surface area (Å²) >= 11 is 5.68. The van der Waals surface area contributed by atoms with Crippen LogP contribution in [0.5, 0.6) is 0 Å². The van der Waals surface area contributed by atoms with Crippen LogP contribution in [0.3, 0.4) is 0 Å². The van der Waals surface area contributed by atoms with Crippen molar-refractivity contribution in [3.8, 4) is 0 Å². The Morgan fingerprint density at radius 3 is 2.71 bits per heavy atom. The topological polar surface area (TPSA) is 32.3 Å². The third-order valence-corrected chi connectivity index (χ3v) is 2.96. The number of hydrogen-bond donors (Lipinski definition) is 2. The first-order chi connectivity index (χ1) is 7.94. The van der Waals surface area contributed by atoms with E-state index in [1.807, 2.05) is 0 Å². The summed E-state index contributed by atoms with van der Waals surface area (Å²) in [7, 11) is 0. The molecule has 0 heterocycles. The molecule has 4 heteroatoms. The smallest absolute Gasteiger partial charge is 0.129 e. The van der Waals surface area contributed by atoms with Crippen LogP contribution in [-0.4, -0.2) is 18.3 Å². The van der Waals surface area contributed by atoms with E-state index < -0.39 is 0 Å². The van der Waals surface area contributed by atoms with Crippen LogP contribution in [0.25, 0.3) is 0 Å². The minimum Gasteiger partial charge on any atom is -0.396 e. The SMILES string of the molecule is CC(C)(CCO)CNCc1ccc(Cl)cc1F. The van der Waals surface area contributed by atoms with Crippen LogP contribution in [0, 0.1) is 11.2 Å². The summed E-state index contributed by atoms with van der Waals surface area (Å²) < 4.78 is 13.5. The molecule has 0 aliphatic carbocycles. The van der Waals surface area contributed by atoms with Crippen LogP contribution in [-0.2, 0) is 6.54 Å². The molecular weight excluding hydrogens is 241 g/mol. The molecule has 0 radical (unpaired) electrons. The van der Waals surface area contributed by atoms with Crippen molar-refractivity contribution in [1.82, 2.24) is 5.32 Å². The second-order valence-electron chi connectivity index (χ2n) is 4.98. The summed E-state index contributed by atoms with van der Waals surface area (Å²) in [4.78, 5) is 0. The zero-order valence-electron chi connectivity index (χ0n) is 10.3. The molecule has 17 heavy (non-hydrogen) atoms. The van der Waals surface area contributed by atoms with Gasteiger partial charge in [-0.2, -0.15) is 0 Å². The molecule has 2 nitrogen and oxygen atoms in total. The lowest BCUT2D eigenvalue weighted by Crippen LogP contribution is -2.30. The third kappa shape index (κ3) is 5.02. The van der Waals surface area contributed by atoms with Crippen molar-refractivity contribution in [2.45, 2.75) is 26.8 Å². The van der Waals surface area contributed by atoms with E-state index in [1.165, 1.54) is 6.07 Å². The molecule has 0 bridgehead atoms. The fraction of sp³-hybridized carbons (Fsp3) is 0.538. The molecule has 0 aromatic heterocycles. The predicted molar refractivity (Wildman–Crippen MR) is 68.6 cm³/mol. The van der Waals surface area contributed by atoms with E-state index in [0.29, 0.717) is 17.1 Å². The summed E-state index contributed by atoms with van der Waals surface area (Å²) in [6, 6.07) is 4.68. The number of benzene rings is 1. The Morgan fingerprint density at radius 2 is 2.12 bits per heavy atom. The van der Waals surface area contributed by atoms with E-state index >= 15 is 0 Å². The summed E-state index contributed by atoms with van der Waals surface area (Å²) in [6.07, 6.45) is 0.725. The van der Waals surface area contributed by atoms with E-state index in [9.17, 15) is 4.39 Å². The van der Waals surface area contributed by atoms with Crippen LogP contribution in [0.4, 0.5) is 4.39 Å². The van der Waals surface area contributed by atoms with Crippen molar-refractivity contribution >= 4 is 11.6 Å². The molecule has 1 rings (SSSR count). The minimum absolute atomic E-state index is 0.0116. The largest absolute Gasteiger partial charge is 0.396 e. The zero-order valence-corrected chi connectivity index (χ0v) is 11.0. The summed E-state index contributed by atoms with van der Waals surface area (Å²) in [5, 5.41) is 12.5. The molecule has 0 fully saturated rings. The average Bonchev–Trinajstić information content (AvgIpc) is 2.21. The number of rotatable bonds is 6. The number of nitrogens with one attached hydrogen (secondary N) is 1. The number of aliphatic hydroxyl groups excluding tert-OH is 1. The maximum atomic E-state index is 13.5. The van der Waals surface area contributed by atoms with Gasteiger partial charge in [0.25, 0.3) is 0 Å². The molecule has 0 amide bonds. The zero-order chi connectivity index (χ0) is 12.9. The van der Waals surface area contributed by atoms with Gasteiger partial charge in [-0.3, -0.25) is 0 Å². The molecule has 0 atom stereocenters. The number of hydrogen-bond acceptors (Lipinski definition) is 2. The van der Waals surface area contributed by atoms with Gasteiger partial charge in [0.15, 0.2) is 0 Å². The second kappa shape index (κ2) is 6.34. The van der Waals surface area contributed by atoms with Gasteiger partial charge >= 0.3 is 0 Å². The molecule has 1 aromatic rings. The van der Waals surface area contributed by atoms with Crippen molar-refractivity contribution in [3.63, 3.8) is 0 Å². The van der Waals surface area contributed by atoms with Crippen molar-refractivity contribution < 1.29 is 9.50 Å².